The van der Waals surface area contributed by atoms with Crippen molar-refractivity contribution >= 4 is 28.2 Å². The molecule has 3 N–H and O–H groups in total. The van der Waals surface area contributed by atoms with Crippen molar-refractivity contribution in [3.63, 3.8) is 0 Å². The lowest BCUT2D eigenvalue weighted by atomic mass is 10.3. The van der Waals surface area contributed by atoms with E-state index in [-0.39, 0.29) is 0 Å². The lowest BCUT2D eigenvalue weighted by Gasteiger charge is -2.02. The summed E-state index contributed by atoms with van der Waals surface area (Å²) in [6, 6.07) is 9.79. The number of nitrogens with two attached hydrogens (primary N) is 1. The molecule has 7 nitrogen and oxygen atoms in total. The van der Waals surface area contributed by atoms with Gasteiger partial charge in [0.15, 0.2) is 5.13 Å². The molecule has 20 heavy (non-hydrogen) atoms. The molecule has 0 fully saturated rings. The summed E-state index contributed by atoms with van der Waals surface area (Å²) in [6.45, 7) is 0. The summed E-state index contributed by atoms with van der Waals surface area (Å²) in [6.07, 6.45) is 1.80. The predicted molar refractivity (Wildman–Crippen MR) is 78.6 cm³/mol. The molecule has 2 heterocycles. The number of nitrogen functional groups attached to an aromatic ring is 1. The number of hydrogen-bond acceptors (Lipinski definition) is 8. The summed E-state index contributed by atoms with van der Waals surface area (Å²) in [5, 5.41) is 13.2. The summed E-state index contributed by atoms with van der Waals surface area (Å²) >= 11 is 3.06. The third-order valence-corrected chi connectivity index (χ3v) is 4.54. The van der Waals surface area contributed by atoms with Crippen LogP contribution in [0.4, 0.5) is 5.13 Å². The molecule has 102 valence electrons. The summed E-state index contributed by atoms with van der Waals surface area (Å²) in [5.74, 6) is 6.05. The number of aromatic nitrogens is 5. The van der Waals surface area contributed by atoms with Gasteiger partial charge in [0.25, 0.3) is 0 Å². The Morgan fingerprint density at radius 1 is 1.30 bits per heavy atom. The highest BCUT2D eigenvalue weighted by molar-refractivity contribution is 7.98. The van der Waals surface area contributed by atoms with Crippen LogP contribution in [0.15, 0.2) is 41.7 Å². The Labute approximate surface area is 123 Å². The Bertz CT molecular complexity index is 679. The van der Waals surface area contributed by atoms with Crippen LogP contribution < -0.4 is 11.3 Å². The van der Waals surface area contributed by atoms with Gasteiger partial charge in [-0.05, 0) is 22.6 Å². The zero-order valence-corrected chi connectivity index (χ0v) is 11.9. The Hall–Kier alpha value is -1.97. The number of anilines is 1. The Balaban J connectivity index is 1.74. The van der Waals surface area contributed by atoms with E-state index in [4.69, 9.17) is 5.84 Å². The average Bonchev–Trinajstić information content (AvgIpc) is 3.15. The number of rotatable bonds is 5. The zero-order chi connectivity index (χ0) is 13.8. The van der Waals surface area contributed by atoms with Gasteiger partial charge in [-0.3, -0.25) is 5.43 Å². The lowest BCUT2D eigenvalue weighted by molar-refractivity contribution is 0.756. The number of tetrazole rings is 1. The molecule has 1 aromatic carbocycles. The van der Waals surface area contributed by atoms with Gasteiger partial charge in [0.05, 0.1) is 5.69 Å². The molecule has 0 spiro atoms. The molecular formula is C11H11N7S2. The fraction of sp³-hybridized carbons (Fsp3) is 0.0909. The lowest BCUT2D eigenvalue weighted by Crippen LogP contribution is -2.05. The van der Waals surface area contributed by atoms with Crippen molar-refractivity contribution < 1.29 is 0 Å². The molecule has 0 amide bonds. The zero-order valence-electron chi connectivity index (χ0n) is 10.3. The van der Waals surface area contributed by atoms with Crippen molar-refractivity contribution in [1.29, 1.82) is 0 Å². The predicted octanol–water partition coefficient (Wildman–Crippen LogP) is 1.70. The maximum absolute atomic E-state index is 5.31. The molecule has 9 heteroatoms. The molecule has 3 aromatic rings. The molecular weight excluding hydrogens is 294 g/mol. The fourth-order valence-corrected chi connectivity index (χ4v) is 3.21. The minimum atomic E-state index is 0.697. The SMILES string of the molecule is NNc1ncc(CSc2nnnn2-c2ccccc2)s1. The molecule has 0 radical (unpaired) electrons. The smallest absolute Gasteiger partial charge is 0.214 e. The number of hydrazine groups is 1. The van der Waals surface area contributed by atoms with Crippen LogP contribution >= 0.6 is 23.1 Å². The van der Waals surface area contributed by atoms with E-state index >= 15 is 0 Å². The molecule has 0 saturated carbocycles. The van der Waals surface area contributed by atoms with E-state index in [0.717, 1.165) is 21.5 Å². The monoisotopic (exact) mass is 305 g/mol. The van der Waals surface area contributed by atoms with Crippen molar-refractivity contribution in [2.24, 2.45) is 5.84 Å². The largest absolute Gasteiger partial charge is 0.300 e. The number of nitrogens with one attached hydrogen (secondary N) is 1. The first kappa shape index (κ1) is 13.0. The van der Waals surface area contributed by atoms with Gasteiger partial charge in [-0.1, -0.05) is 30.0 Å². The van der Waals surface area contributed by atoms with E-state index in [1.54, 1.807) is 22.6 Å². The maximum atomic E-state index is 5.31. The number of para-hydroxylation sites is 1. The highest BCUT2D eigenvalue weighted by Gasteiger charge is 2.10. The summed E-state index contributed by atoms with van der Waals surface area (Å²) < 4.78 is 1.72. The Morgan fingerprint density at radius 2 is 2.15 bits per heavy atom. The van der Waals surface area contributed by atoms with Gasteiger partial charge in [0, 0.05) is 16.8 Å². The molecule has 0 saturated heterocycles. The third kappa shape index (κ3) is 2.79. The van der Waals surface area contributed by atoms with Crippen molar-refractivity contribution in [3.05, 3.63) is 41.4 Å². The van der Waals surface area contributed by atoms with Gasteiger partial charge in [-0.2, -0.15) is 4.68 Å². The van der Waals surface area contributed by atoms with Crippen molar-refractivity contribution in [1.82, 2.24) is 25.2 Å². The van der Waals surface area contributed by atoms with Gasteiger partial charge >= 0.3 is 0 Å². The molecule has 3 rings (SSSR count). The van der Waals surface area contributed by atoms with Crippen LogP contribution in [0.5, 0.6) is 0 Å². The van der Waals surface area contributed by atoms with E-state index in [1.165, 1.54) is 11.3 Å². The number of thiazole rings is 1. The van der Waals surface area contributed by atoms with Crippen LogP contribution in [0, 0.1) is 0 Å². The maximum Gasteiger partial charge on any atom is 0.214 e. The molecule has 0 unspecified atom stereocenters. The van der Waals surface area contributed by atoms with Crippen molar-refractivity contribution in [2.75, 3.05) is 5.43 Å². The summed E-state index contributed by atoms with van der Waals surface area (Å²) in [7, 11) is 0. The molecule has 2 aromatic heterocycles. The van der Waals surface area contributed by atoms with Crippen LogP contribution in [0.3, 0.4) is 0 Å². The van der Waals surface area contributed by atoms with Crippen LogP contribution in [-0.4, -0.2) is 25.2 Å². The topological polar surface area (TPSA) is 94.5 Å². The highest BCUT2D eigenvalue weighted by Crippen LogP contribution is 2.26. The van der Waals surface area contributed by atoms with Crippen LogP contribution in [0.25, 0.3) is 5.69 Å². The first-order valence-electron chi connectivity index (χ1n) is 5.75. The quantitative estimate of drug-likeness (QED) is 0.421. The Kier molecular flexibility index (Phi) is 3.90. The minimum Gasteiger partial charge on any atom is -0.300 e. The molecule has 0 aliphatic heterocycles. The van der Waals surface area contributed by atoms with E-state index in [2.05, 4.69) is 25.9 Å². The van der Waals surface area contributed by atoms with Crippen LogP contribution in [-0.2, 0) is 5.75 Å². The van der Waals surface area contributed by atoms with E-state index in [0.29, 0.717) is 5.13 Å². The average molecular weight is 305 g/mol. The second kappa shape index (κ2) is 5.99. The number of hydrogen-bond donors (Lipinski definition) is 2. The van der Waals surface area contributed by atoms with Gasteiger partial charge in [-0.15, -0.1) is 16.4 Å². The molecule has 0 atom stereocenters. The van der Waals surface area contributed by atoms with Gasteiger partial charge in [-0.25, -0.2) is 10.8 Å². The second-order valence-corrected chi connectivity index (χ2v) is 5.83. The number of nitrogens with zero attached hydrogens (tertiary/aromatic N) is 5. The van der Waals surface area contributed by atoms with Gasteiger partial charge in [0.2, 0.25) is 5.16 Å². The third-order valence-electron chi connectivity index (χ3n) is 2.46. The van der Waals surface area contributed by atoms with Crippen LogP contribution in [0.2, 0.25) is 0 Å². The van der Waals surface area contributed by atoms with E-state index < -0.39 is 0 Å². The van der Waals surface area contributed by atoms with Crippen molar-refractivity contribution in [2.45, 2.75) is 10.9 Å². The normalized spacial score (nSPS) is 10.7. The molecule has 0 aliphatic carbocycles. The Morgan fingerprint density at radius 3 is 2.90 bits per heavy atom. The summed E-state index contributed by atoms with van der Waals surface area (Å²) in [4.78, 5) is 5.23. The standard InChI is InChI=1S/C11H11N7S2/c12-14-10-13-6-9(20-10)7-19-11-15-16-17-18(11)8-4-2-1-3-5-8/h1-6H,7,12H2,(H,13,14). The van der Waals surface area contributed by atoms with Gasteiger partial charge < -0.3 is 0 Å². The van der Waals surface area contributed by atoms with E-state index in [1.807, 2.05) is 30.3 Å². The van der Waals surface area contributed by atoms with Crippen molar-refractivity contribution in [3.8, 4) is 5.69 Å². The first-order chi connectivity index (χ1) is 9.86. The first-order valence-corrected chi connectivity index (χ1v) is 7.55. The highest BCUT2D eigenvalue weighted by atomic mass is 32.2. The van der Waals surface area contributed by atoms with E-state index in [9.17, 15) is 0 Å². The minimum absolute atomic E-state index is 0.697. The molecule has 0 bridgehead atoms. The number of benzene rings is 1. The fourth-order valence-electron chi connectivity index (χ4n) is 1.58. The molecule has 0 aliphatic rings. The second-order valence-electron chi connectivity index (χ2n) is 3.77. The van der Waals surface area contributed by atoms with Crippen LogP contribution in [0.1, 0.15) is 4.88 Å². The van der Waals surface area contributed by atoms with Gasteiger partial charge in [0.1, 0.15) is 0 Å². The number of thioether (sulfide) groups is 1. The summed E-state index contributed by atoms with van der Waals surface area (Å²) in [5.41, 5.74) is 3.47.